The van der Waals surface area contributed by atoms with E-state index in [4.69, 9.17) is 4.42 Å². The third-order valence-corrected chi connectivity index (χ3v) is 3.46. The van der Waals surface area contributed by atoms with E-state index in [1.54, 1.807) is 0 Å². The molecular formula is C16H13N3O2. The fraction of sp³-hybridized carbons (Fsp3) is 0.0625. The van der Waals surface area contributed by atoms with Crippen molar-refractivity contribution in [2.24, 2.45) is 0 Å². The largest absolute Gasteiger partial charge is 0.459 e. The molecule has 3 N–H and O–H groups in total. The molecule has 2 aromatic heterocycles. The van der Waals surface area contributed by atoms with Gasteiger partial charge in [0.25, 0.3) is 0 Å². The van der Waals surface area contributed by atoms with Crippen molar-refractivity contribution in [3.63, 3.8) is 0 Å². The molecule has 5 heteroatoms. The molecule has 0 saturated heterocycles. The molecule has 0 spiro atoms. The van der Waals surface area contributed by atoms with Crippen molar-refractivity contribution < 1.29 is 4.42 Å². The molecular weight excluding hydrogens is 266 g/mol. The zero-order valence-electron chi connectivity index (χ0n) is 11.1. The van der Waals surface area contributed by atoms with Crippen molar-refractivity contribution in [2.75, 3.05) is 5.32 Å². The molecule has 0 fully saturated rings. The van der Waals surface area contributed by atoms with E-state index in [0.717, 1.165) is 33.5 Å². The summed E-state index contributed by atoms with van der Waals surface area (Å²) in [5.74, 6) is 0.874. The maximum Gasteiger partial charge on any atom is 0.323 e. The molecule has 0 aliphatic rings. The Morgan fingerprint density at radius 2 is 1.86 bits per heavy atom. The van der Waals surface area contributed by atoms with E-state index in [-0.39, 0.29) is 5.69 Å². The van der Waals surface area contributed by atoms with Crippen LogP contribution in [0.25, 0.3) is 22.0 Å². The Labute approximate surface area is 119 Å². The van der Waals surface area contributed by atoms with Crippen LogP contribution in [0.1, 0.15) is 5.76 Å². The van der Waals surface area contributed by atoms with Crippen LogP contribution in [0.15, 0.2) is 57.7 Å². The minimum absolute atomic E-state index is 0.195. The standard InChI is InChI=1S/C16H13N3O2/c20-16-18-13-6-5-11(8-14(13)19-16)17-9-12-7-10-3-1-2-4-15(10)21-12/h1-8,17H,9H2,(H2,18,19,20). The molecule has 2 aromatic carbocycles. The molecule has 0 saturated carbocycles. The Bertz CT molecular complexity index is 945. The molecule has 4 aromatic rings. The molecule has 4 rings (SSSR count). The van der Waals surface area contributed by atoms with Gasteiger partial charge in [-0.15, -0.1) is 0 Å². The summed E-state index contributed by atoms with van der Waals surface area (Å²) >= 11 is 0. The highest BCUT2D eigenvalue weighted by molar-refractivity contribution is 5.79. The van der Waals surface area contributed by atoms with Crippen molar-refractivity contribution in [1.29, 1.82) is 0 Å². The van der Waals surface area contributed by atoms with E-state index in [0.29, 0.717) is 6.54 Å². The third-order valence-electron chi connectivity index (χ3n) is 3.46. The minimum atomic E-state index is -0.195. The summed E-state index contributed by atoms with van der Waals surface area (Å²) in [5.41, 5.74) is 3.21. The Hall–Kier alpha value is -2.95. The number of nitrogens with one attached hydrogen (secondary N) is 3. The van der Waals surface area contributed by atoms with Crippen LogP contribution in [-0.2, 0) is 6.54 Å². The lowest BCUT2D eigenvalue weighted by molar-refractivity contribution is 0.559. The van der Waals surface area contributed by atoms with Gasteiger partial charge >= 0.3 is 5.69 Å². The first-order chi connectivity index (χ1) is 10.3. The number of H-pyrrole nitrogens is 2. The highest BCUT2D eigenvalue weighted by Crippen LogP contribution is 2.20. The number of aromatic nitrogens is 2. The normalized spacial score (nSPS) is 11.2. The monoisotopic (exact) mass is 279 g/mol. The second-order valence-corrected chi connectivity index (χ2v) is 4.94. The molecule has 104 valence electrons. The van der Waals surface area contributed by atoms with Crippen LogP contribution in [0.3, 0.4) is 0 Å². The van der Waals surface area contributed by atoms with Crippen molar-refractivity contribution in [3.05, 3.63) is 64.8 Å². The fourth-order valence-corrected chi connectivity index (χ4v) is 2.46. The number of aromatic amines is 2. The third kappa shape index (κ3) is 2.18. The first kappa shape index (κ1) is 11.8. The molecule has 0 amide bonds. The quantitative estimate of drug-likeness (QED) is 0.539. The van der Waals surface area contributed by atoms with Crippen molar-refractivity contribution >= 4 is 27.7 Å². The van der Waals surface area contributed by atoms with E-state index >= 15 is 0 Å². The van der Waals surface area contributed by atoms with E-state index in [1.165, 1.54) is 0 Å². The van der Waals surface area contributed by atoms with E-state index in [9.17, 15) is 4.79 Å². The lowest BCUT2D eigenvalue weighted by atomic mass is 10.2. The van der Waals surface area contributed by atoms with Gasteiger partial charge in [0.05, 0.1) is 17.6 Å². The summed E-state index contributed by atoms with van der Waals surface area (Å²) in [5, 5.41) is 4.39. The van der Waals surface area contributed by atoms with Gasteiger partial charge in [-0.2, -0.15) is 0 Å². The predicted octanol–water partition coefficient (Wildman–Crippen LogP) is 3.21. The van der Waals surface area contributed by atoms with Crippen LogP contribution in [0.5, 0.6) is 0 Å². The topological polar surface area (TPSA) is 73.8 Å². The summed E-state index contributed by atoms with van der Waals surface area (Å²) < 4.78 is 5.75. The van der Waals surface area contributed by atoms with Gasteiger partial charge in [-0.1, -0.05) is 18.2 Å². The number of rotatable bonds is 3. The molecule has 21 heavy (non-hydrogen) atoms. The van der Waals surface area contributed by atoms with Crippen LogP contribution in [0, 0.1) is 0 Å². The average Bonchev–Trinajstić information content (AvgIpc) is 3.06. The van der Waals surface area contributed by atoms with Gasteiger partial charge < -0.3 is 19.7 Å². The van der Waals surface area contributed by atoms with Crippen molar-refractivity contribution in [2.45, 2.75) is 6.54 Å². The van der Waals surface area contributed by atoms with Crippen LogP contribution in [-0.4, -0.2) is 9.97 Å². The Kier molecular flexibility index (Phi) is 2.57. The Morgan fingerprint density at radius 3 is 2.76 bits per heavy atom. The fourth-order valence-electron chi connectivity index (χ4n) is 2.46. The number of fused-ring (bicyclic) bond motifs is 2. The van der Waals surface area contributed by atoms with Gasteiger partial charge in [0, 0.05) is 11.1 Å². The predicted molar refractivity (Wildman–Crippen MR) is 82.5 cm³/mol. The summed E-state index contributed by atoms with van der Waals surface area (Å²) in [6, 6.07) is 15.6. The first-order valence-corrected chi connectivity index (χ1v) is 6.71. The Morgan fingerprint density at radius 1 is 1.00 bits per heavy atom. The lowest BCUT2D eigenvalue weighted by Gasteiger charge is -2.03. The number of furan rings is 1. The summed E-state index contributed by atoms with van der Waals surface area (Å²) in [6.45, 7) is 0.592. The molecule has 0 atom stereocenters. The zero-order chi connectivity index (χ0) is 14.2. The van der Waals surface area contributed by atoms with Gasteiger partial charge in [-0.3, -0.25) is 0 Å². The second kappa shape index (κ2) is 4.56. The first-order valence-electron chi connectivity index (χ1n) is 6.71. The van der Waals surface area contributed by atoms with Crippen molar-refractivity contribution in [1.82, 2.24) is 9.97 Å². The number of anilines is 1. The van der Waals surface area contributed by atoms with Gasteiger partial charge in [0.2, 0.25) is 0 Å². The van der Waals surface area contributed by atoms with Crippen molar-refractivity contribution in [3.8, 4) is 0 Å². The summed E-state index contributed by atoms with van der Waals surface area (Å²) in [6.07, 6.45) is 0. The molecule has 0 aliphatic heterocycles. The van der Waals surface area contributed by atoms with E-state index in [1.807, 2.05) is 48.5 Å². The van der Waals surface area contributed by atoms with Gasteiger partial charge in [0.1, 0.15) is 11.3 Å². The van der Waals surface area contributed by atoms with Gasteiger partial charge in [-0.25, -0.2) is 4.79 Å². The number of imidazole rings is 1. The smallest absolute Gasteiger partial charge is 0.323 e. The van der Waals surface area contributed by atoms with Crippen LogP contribution < -0.4 is 11.0 Å². The number of hydrogen-bond donors (Lipinski definition) is 3. The second-order valence-electron chi connectivity index (χ2n) is 4.94. The van der Waals surface area contributed by atoms with Crippen LogP contribution >= 0.6 is 0 Å². The molecule has 0 radical (unpaired) electrons. The summed E-state index contributed by atoms with van der Waals surface area (Å²) in [7, 11) is 0. The Balaban J connectivity index is 1.58. The molecule has 2 heterocycles. The maximum absolute atomic E-state index is 11.2. The minimum Gasteiger partial charge on any atom is -0.459 e. The van der Waals surface area contributed by atoms with Gasteiger partial charge in [0.15, 0.2) is 0 Å². The molecule has 0 bridgehead atoms. The zero-order valence-corrected chi connectivity index (χ0v) is 11.1. The highest BCUT2D eigenvalue weighted by Gasteiger charge is 2.04. The number of hydrogen-bond acceptors (Lipinski definition) is 3. The summed E-state index contributed by atoms with van der Waals surface area (Å²) in [4.78, 5) is 16.7. The number of benzene rings is 2. The number of para-hydroxylation sites is 1. The highest BCUT2D eigenvalue weighted by atomic mass is 16.3. The molecule has 5 nitrogen and oxygen atoms in total. The SMILES string of the molecule is O=c1[nH]c2ccc(NCc3cc4ccccc4o3)cc2[nH]1. The molecule has 0 unspecified atom stereocenters. The van der Waals surface area contributed by atoms with Gasteiger partial charge in [-0.05, 0) is 30.3 Å². The van der Waals surface area contributed by atoms with E-state index in [2.05, 4.69) is 15.3 Å². The lowest BCUT2D eigenvalue weighted by Crippen LogP contribution is -1.99. The van der Waals surface area contributed by atoms with Crippen LogP contribution in [0.4, 0.5) is 5.69 Å². The maximum atomic E-state index is 11.2. The average molecular weight is 279 g/mol. The molecule has 0 aliphatic carbocycles. The van der Waals surface area contributed by atoms with Crippen LogP contribution in [0.2, 0.25) is 0 Å². The van der Waals surface area contributed by atoms with E-state index < -0.39 is 0 Å².